The molecule has 0 atom stereocenters. The van der Waals surface area contributed by atoms with E-state index in [1.54, 1.807) is 0 Å². The average Bonchev–Trinajstić information content (AvgIpc) is 1.84. The summed E-state index contributed by atoms with van der Waals surface area (Å²) >= 11 is 2.42. The number of hydrogen-bond donors (Lipinski definition) is 0. The number of rotatable bonds is 3. The molecule has 0 saturated carbocycles. The van der Waals surface area contributed by atoms with Crippen LogP contribution >= 0.6 is 29.9 Å². The molecule has 9 heavy (non-hydrogen) atoms. The molecule has 0 heterocycles. The van der Waals surface area contributed by atoms with Crippen LogP contribution in [-0.4, -0.2) is 23.7 Å². The third-order valence-corrected chi connectivity index (χ3v) is 9.80. The van der Waals surface area contributed by atoms with Gasteiger partial charge in [0.1, 0.15) is 0 Å². The molecule has 0 spiro atoms. The van der Waals surface area contributed by atoms with Crippen LogP contribution < -0.4 is 0 Å². The second kappa shape index (κ2) is 4.46. The van der Waals surface area contributed by atoms with E-state index in [0.29, 0.717) is 0 Å². The molecule has 1 nitrogen and oxygen atoms in total. The molecule has 0 saturated heterocycles. The molecule has 0 aliphatic heterocycles. The summed E-state index contributed by atoms with van der Waals surface area (Å²) in [5.41, 5.74) is 0. The van der Waals surface area contributed by atoms with E-state index in [4.69, 9.17) is 5.26 Å². The zero-order valence-corrected chi connectivity index (χ0v) is 9.10. The molecular weight excluding hydrogens is 244 g/mol. The van der Waals surface area contributed by atoms with Gasteiger partial charge >= 0.3 is 71.3 Å². The van der Waals surface area contributed by atoms with Crippen molar-refractivity contribution in [1.29, 1.82) is 5.26 Å². The Balaban J connectivity index is 3.48. The zero-order chi connectivity index (χ0) is 7.33. The molecule has 0 rings (SSSR count). The summed E-state index contributed by atoms with van der Waals surface area (Å²) < 4.78 is 1.27. The predicted octanol–water partition coefficient (Wildman–Crippen LogP) is 2.30. The third kappa shape index (κ3) is 5.11. The molecular formula is C6H13INP. The Bertz CT molecular complexity index is 117. The minimum absolute atomic E-state index is 0.752. The predicted molar refractivity (Wildman–Crippen MR) is 54.1 cm³/mol. The van der Waals surface area contributed by atoms with Gasteiger partial charge in [0.05, 0.1) is 0 Å². The zero-order valence-electron chi connectivity index (χ0n) is 5.95. The van der Waals surface area contributed by atoms with Crippen molar-refractivity contribution in [2.24, 2.45) is 0 Å². The normalized spacial score (nSPS) is 12.7. The van der Waals surface area contributed by atoms with Crippen molar-refractivity contribution in [3.8, 4) is 6.07 Å². The number of hydrogen-bond acceptors (Lipinski definition) is 1. The van der Waals surface area contributed by atoms with Gasteiger partial charge in [0, 0.05) is 0 Å². The van der Waals surface area contributed by atoms with Crippen molar-refractivity contribution in [2.45, 2.75) is 6.42 Å². The summed E-state index contributed by atoms with van der Waals surface area (Å²) in [4.78, 5) is 0. The Labute approximate surface area is 71.3 Å². The minimum atomic E-state index is -0.934. The molecule has 0 radical (unpaired) electrons. The number of nitrogens with zero attached hydrogens (tertiary/aromatic N) is 1. The van der Waals surface area contributed by atoms with Crippen molar-refractivity contribution < 1.29 is 0 Å². The van der Waals surface area contributed by atoms with Gasteiger partial charge < -0.3 is 0 Å². The number of nitriles is 1. The van der Waals surface area contributed by atoms with E-state index in [1.807, 2.05) is 0 Å². The van der Waals surface area contributed by atoms with Gasteiger partial charge in [-0.2, -0.15) is 0 Å². The van der Waals surface area contributed by atoms with Gasteiger partial charge in [0.25, 0.3) is 0 Å². The molecule has 0 aliphatic rings. The molecule has 3 heteroatoms. The second-order valence-corrected chi connectivity index (χ2v) is 10.3. The van der Waals surface area contributed by atoms with Gasteiger partial charge in [-0.1, -0.05) is 0 Å². The molecule has 54 valence electrons. The van der Waals surface area contributed by atoms with E-state index in [1.165, 1.54) is 4.17 Å². The Morgan fingerprint density at radius 2 is 2.11 bits per heavy atom. The maximum atomic E-state index is 8.29. The quantitative estimate of drug-likeness (QED) is 0.432. The topological polar surface area (TPSA) is 23.8 Å². The van der Waals surface area contributed by atoms with Gasteiger partial charge in [-0.15, -0.1) is 0 Å². The van der Waals surface area contributed by atoms with Gasteiger partial charge in [-0.25, -0.2) is 0 Å². The van der Waals surface area contributed by atoms with E-state index in [0.717, 1.165) is 12.6 Å². The Morgan fingerprint density at radius 1 is 1.56 bits per heavy atom. The van der Waals surface area contributed by atoms with Crippen molar-refractivity contribution in [1.82, 2.24) is 0 Å². The summed E-state index contributed by atoms with van der Waals surface area (Å²) in [6, 6.07) is 2.19. The Kier molecular flexibility index (Phi) is 4.79. The van der Waals surface area contributed by atoms with E-state index < -0.39 is 7.26 Å². The molecule has 0 N–H and O–H groups in total. The molecule has 0 fully saturated rings. The number of halogens is 1. The molecule has 0 unspecified atom stereocenters. The van der Waals surface area contributed by atoms with Crippen molar-refractivity contribution in [3.63, 3.8) is 0 Å². The molecule has 0 amide bonds. The van der Waals surface area contributed by atoms with Crippen LogP contribution in [0.4, 0.5) is 0 Å². The first-order valence-corrected chi connectivity index (χ1v) is 7.99. The summed E-state index contributed by atoms with van der Waals surface area (Å²) in [7, 11) is -0.934. The van der Waals surface area contributed by atoms with Gasteiger partial charge in [0.2, 0.25) is 0 Å². The summed E-state index contributed by atoms with van der Waals surface area (Å²) in [5.74, 6) is 0. The Hall–Kier alpha value is 0.650. The SMILES string of the molecule is C[PH](C)(CI)CCC#N. The average molecular weight is 257 g/mol. The Morgan fingerprint density at radius 3 is 2.44 bits per heavy atom. The van der Waals surface area contributed by atoms with Crippen LogP contribution in [0, 0.1) is 11.3 Å². The van der Waals surface area contributed by atoms with Crippen molar-refractivity contribution in [3.05, 3.63) is 0 Å². The molecule has 0 aliphatic carbocycles. The van der Waals surface area contributed by atoms with Crippen molar-refractivity contribution >= 4 is 29.9 Å². The van der Waals surface area contributed by atoms with E-state index >= 15 is 0 Å². The first-order valence-electron chi connectivity index (χ1n) is 3.05. The van der Waals surface area contributed by atoms with E-state index in [9.17, 15) is 0 Å². The standard InChI is InChI=1S/C6H13INP/c1-9(2,6-7)5-3-4-8/h9H,3,5-6H2,1-2H3. The van der Waals surface area contributed by atoms with E-state index in [2.05, 4.69) is 42.0 Å². The maximum absolute atomic E-state index is 8.29. The van der Waals surface area contributed by atoms with Gasteiger partial charge in [-0.05, 0) is 0 Å². The second-order valence-electron chi connectivity index (χ2n) is 2.96. The van der Waals surface area contributed by atoms with Gasteiger partial charge in [0.15, 0.2) is 0 Å². The van der Waals surface area contributed by atoms with Crippen LogP contribution in [-0.2, 0) is 0 Å². The molecule has 0 aromatic carbocycles. The summed E-state index contributed by atoms with van der Waals surface area (Å²) in [5, 5.41) is 8.29. The van der Waals surface area contributed by atoms with Crippen LogP contribution in [0.2, 0.25) is 0 Å². The fourth-order valence-electron chi connectivity index (χ4n) is 0.461. The van der Waals surface area contributed by atoms with Crippen LogP contribution in [0.5, 0.6) is 0 Å². The van der Waals surface area contributed by atoms with Crippen LogP contribution in [0.3, 0.4) is 0 Å². The first kappa shape index (κ1) is 9.65. The van der Waals surface area contributed by atoms with Gasteiger partial charge in [-0.3, -0.25) is 0 Å². The summed E-state index contributed by atoms with van der Waals surface area (Å²) in [6.45, 7) is 4.66. The van der Waals surface area contributed by atoms with Crippen LogP contribution in [0.25, 0.3) is 0 Å². The molecule has 0 aromatic rings. The third-order valence-electron chi connectivity index (χ3n) is 1.28. The van der Waals surface area contributed by atoms with Crippen molar-refractivity contribution in [2.75, 3.05) is 23.7 Å². The first-order chi connectivity index (χ1) is 4.12. The molecule has 0 bridgehead atoms. The number of alkyl halides is 1. The monoisotopic (exact) mass is 257 g/mol. The van der Waals surface area contributed by atoms with Crippen LogP contribution in [0.15, 0.2) is 0 Å². The fourth-order valence-corrected chi connectivity index (χ4v) is 2.53. The fraction of sp³-hybridized carbons (Fsp3) is 0.833. The van der Waals surface area contributed by atoms with Crippen LogP contribution in [0.1, 0.15) is 6.42 Å². The van der Waals surface area contributed by atoms with E-state index in [-0.39, 0.29) is 0 Å². The molecule has 0 aromatic heterocycles. The summed E-state index contributed by atoms with van der Waals surface area (Å²) in [6.07, 6.45) is 1.91.